The van der Waals surface area contributed by atoms with Crippen molar-refractivity contribution in [1.29, 1.82) is 0 Å². The van der Waals surface area contributed by atoms with E-state index in [1.807, 2.05) is 24.3 Å². The number of aromatic amines is 1. The van der Waals surface area contributed by atoms with Gasteiger partial charge < -0.3 is 19.2 Å². The first-order valence-electron chi connectivity index (χ1n) is 9.88. The number of benzene rings is 2. The van der Waals surface area contributed by atoms with E-state index in [1.165, 1.54) is 36.4 Å². The van der Waals surface area contributed by atoms with Gasteiger partial charge in [-0.15, -0.1) is 0 Å². The van der Waals surface area contributed by atoms with Gasteiger partial charge in [0.1, 0.15) is 5.75 Å². The summed E-state index contributed by atoms with van der Waals surface area (Å²) in [6.07, 6.45) is 1.01. The van der Waals surface area contributed by atoms with Gasteiger partial charge >= 0.3 is 11.9 Å². The number of aromatic nitrogens is 1. The van der Waals surface area contributed by atoms with E-state index in [1.54, 1.807) is 0 Å². The lowest BCUT2D eigenvalue weighted by Gasteiger charge is -2.13. The number of methoxy groups -OCH3 is 2. The Labute approximate surface area is 176 Å². The summed E-state index contributed by atoms with van der Waals surface area (Å²) >= 11 is 0. The average Bonchev–Trinajstić information content (AvgIpc) is 3.06. The normalized spacial score (nSPS) is 11.0. The Morgan fingerprint density at radius 2 is 1.63 bits per heavy atom. The van der Waals surface area contributed by atoms with E-state index in [2.05, 4.69) is 37.0 Å². The lowest BCUT2D eigenvalue weighted by molar-refractivity contribution is -0.158. The lowest BCUT2D eigenvalue weighted by Crippen LogP contribution is -2.28. The van der Waals surface area contributed by atoms with Crippen LogP contribution in [-0.2, 0) is 31.9 Å². The van der Waals surface area contributed by atoms with Gasteiger partial charge in [-0.25, -0.2) is 0 Å². The molecular weight excluding hydrogens is 382 g/mol. The SMILES string of the molecule is COC(=O)C(Cc1ccc(OCCc2cccc3[nH]c(C)c(C)c23)cc1)C(=O)OC. The van der Waals surface area contributed by atoms with Crippen LogP contribution in [0, 0.1) is 19.8 Å². The van der Waals surface area contributed by atoms with Crippen molar-refractivity contribution in [2.24, 2.45) is 5.92 Å². The number of rotatable bonds is 8. The van der Waals surface area contributed by atoms with Crippen LogP contribution in [-0.4, -0.2) is 37.7 Å². The van der Waals surface area contributed by atoms with E-state index in [-0.39, 0.29) is 6.42 Å². The van der Waals surface area contributed by atoms with Gasteiger partial charge in [0.2, 0.25) is 0 Å². The third-order valence-electron chi connectivity index (χ3n) is 5.39. The minimum Gasteiger partial charge on any atom is -0.493 e. The van der Waals surface area contributed by atoms with Crippen LogP contribution in [0.15, 0.2) is 42.5 Å². The molecule has 0 bridgehead atoms. The zero-order chi connectivity index (χ0) is 21.7. The molecule has 6 nitrogen and oxygen atoms in total. The fourth-order valence-electron chi connectivity index (χ4n) is 3.62. The van der Waals surface area contributed by atoms with Crippen LogP contribution in [0.3, 0.4) is 0 Å². The number of hydrogen-bond donors (Lipinski definition) is 1. The van der Waals surface area contributed by atoms with Gasteiger partial charge in [0.05, 0.1) is 20.8 Å². The second-order valence-electron chi connectivity index (χ2n) is 7.26. The fourth-order valence-corrected chi connectivity index (χ4v) is 3.62. The Kier molecular flexibility index (Phi) is 6.77. The number of carbonyl (C=O) groups excluding carboxylic acids is 2. The number of hydrogen-bond acceptors (Lipinski definition) is 5. The number of ether oxygens (including phenoxy) is 3. The van der Waals surface area contributed by atoms with Crippen LogP contribution in [0.5, 0.6) is 5.75 Å². The Balaban J connectivity index is 1.61. The molecule has 0 aliphatic heterocycles. The molecule has 1 N–H and O–H groups in total. The lowest BCUT2D eigenvalue weighted by atomic mass is 9.99. The summed E-state index contributed by atoms with van der Waals surface area (Å²) in [6, 6.07) is 13.6. The highest BCUT2D eigenvalue weighted by atomic mass is 16.5. The average molecular weight is 409 g/mol. The van der Waals surface area contributed by atoms with Crippen molar-refractivity contribution in [1.82, 2.24) is 4.98 Å². The molecule has 2 aromatic carbocycles. The topological polar surface area (TPSA) is 77.6 Å². The summed E-state index contributed by atoms with van der Waals surface area (Å²) in [5.74, 6) is -1.45. The molecule has 0 spiro atoms. The van der Waals surface area contributed by atoms with Crippen LogP contribution in [0.1, 0.15) is 22.4 Å². The van der Waals surface area contributed by atoms with Crippen molar-refractivity contribution >= 4 is 22.8 Å². The summed E-state index contributed by atoms with van der Waals surface area (Å²) in [5, 5.41) is 1.27. The van der Waals surface area contributed by atoms with E-state index < -0.39 is 17.9 Å². The fraction of sp³-hybridized carbons (Fsp3) is 0.333. The summed E-state index contributed by atoms with van der Waals surface area (Å²) in [6.45, 7) is 4.77. The molecule has 30 heavy (non-hydrogen) atoms. The van der Waals surface area contributed by atoms with Crippen LogP contribution < -0.4 is 4.74 Å². The molecule has 0 fully saturated rings. The van der Waals surface area contributed by atoms with Crippen molar-refractivity contribution in [3.05, 3.63) is 64.8 Å². The van der Waals surface area contributed by atoms with Gasteiger partial charge in [0, 0.05) is 23.0 Å². The maximum atomic E-state index is 11.8. The Bertz CT molecular complexity index is 1020. The molecule has 1 heterocycles. The van der Waals surface area contributed by atoms with Gasteiger partial charge in [-0.1, -0.05) is 24.3 Å². The molecule has 0 saturated carbocycles. The number of carbonyl (C=O) groups is 2. The van der Waals surface area contributed by atoms with Gasteiger partial charge in [-0.3, -0.25) is 9.59 Å². The van der Waals surface area contributed by atoms with Crippen LogP contribution >= 0.6 is 0 Å². The van der Waals surface area contributed by atoms with E-state index in [0.717, 1.165) is 23.3 Å². The molecule has 0 aliphatic rings. The highest BCUT2D eigenvalue weighted by molar-refractivity contribution is 5.95. The third-order valence-corrected chi connectivity index (χ3v) is 5.39. The first kappa shape index (κ1) is 21.4. The predicted octanol–water partition coefficient (Wildman–Crippen LogP) is 3.91. The molecule has 158 valence electrons. The van der Waals surface area contributed by atoms with Crippen LogP contribution in [0.2, 0.25) is 0 Å². The third kappa shape index (κ3) is 4.64. The number of nitrogens with one attached hydrogen (secondary N) is 1. The van der Waals surface area contributed by atoms with Gasteiger partial charge in [0.25, 0.3) is 0 Å². The van der Waals surface area contributed by atoms with Crippen molar-refractivity contribution in [3.8, 4) is 5.75 Å². The molecular formula is C24H27NO5. The quantitative estimate of drug-likeness (QED) is 0.451. The number of aryl methyl sites for hydroxylation is 2. The number of fused-ring (bicyclic) bond motifs is 1. The summed E-state index contributed by atoms with van der Waals surface area (Å²) < 4.78 is 15.3. The minimum absolute atomic E-state index is 0.216. The molecule has 6 heteroatoms. The Morgan fingerprint density at radius 1 is 0.967 bits per heavy atom. The van der Waals surface area contributed by atoms with Gasteiger partial charge in [-0.05, 0) is 55.2 Å². The van der Waals surface area contributed by atoms with Crippen LogP contribution in [0.25, 0.3) is 10.9 Å². The molecule has 3 aromatic rings. The highest BCUT2D eigenvalue weighted by Gasteiger charge is 2.28. The Hall–Kier alpha value is -3.28. The maximum Gasteiger partial charge on any atom is 0.320 e. The summed E-state index contributed by atoms with van der Waals surface area (Å²) in [5.41, 5.74) is 5.69. The van der Waals surface area contributed by atoms with Crippen LogP contribution in [0.4, 0.5) is 0 Å². The van der Waals surface area contributed by atoms with Crippen molar-refractivity contribution in [3.63, 3.8) is 0 Å². The summed E-state index contributed by atoms with van der Waals surface area (Å²) in [4.78, 5) is 27.1. The van der Waals surface area contributed by atoms with E-state index in [0.29, 0.717) is 6.61 Å². The van der Waals surface area contributed by atoms with E-state index in [9.17, 15) is 9.59 Å². The molecule has 3 rings (SSSR count). The zero-order valence-electron chi connectivity index (χ0n) is 17.8. The standard InChI is InChI=1S/C24H27NO5/c1-15-16(2)25-21-7-5-6-18(22(15)21)12-13-30-19-10-8-17(9-11-19)14-20(23(26)28-3)24(27)29-4/h5-11,20,25H,12-14H2,1-4H3. The molecule has 1 aromatic heterocycles. The Morgan fingerprint density at radius 3 is 2.27 bits per heavy atom. The van der Waals surface area contributed by atoms with Crippen molar-refractivity contribution < 1.29 is 23.8 Å². The second kappa shape index (κ2) is 9.48. The molecule has 0 unspecified atom stereocenters. The molecule has 0 aliphatic carbocycles. The first-order chi connectivity index (χ1) is 14.4. The van der Waals surface area contributed by atoms with E-state index >= 15 is 0 Å². The number of esters is 2. The zero-order valence-corrected chi connectivity index (χ0v) is 17.8. The largest absolute Gasteiger partial charge is 0.493 e. The monoisotopic (exact) mass is 409 g/mol. The molecule has 0 radical (unpaired) electrons. The summed E-state index contributed by atoms with van der Waals surface area (Å²) in [7, 11) is 2.51. The minimum atomic E-state index is -0.972. The second-order valence-corrected chi connectivity index (χ2v) is 7.26. The van der Waals surface area contributed by atoms with Crippen molar-refractivity contribution in [2.45, 2.75) is 26.7 Å². The first-order valence-corrected chi connectivity index (χ1v) is 9.88. The van der Waals surface area contributed by atoms with Gasteiger partial charge in [-0.2, -0.15) is 0 Å². The smallest absolute Gasteiger partial charge is 0.320 e. The number of H-pyrrole nitrogens is 1. The molecule has 0 amide bonds. The van der Waals surface area contributed by atoms with E-state index in [4.69, 9.17) is 14.2 Å². The maximum absolute atomic E-state index is 11.8. The van der Waals surface area contributed by atoms with Crippen molar-refractivity contribution in [2.75, 3.05) is 20.8 Å². The van der Waals surface area contributed by atoms with Gasteiger partial charge in [0.15, 0.2) is 5.92 Å². The highest BCUT2D eigenvalue weighted by Crippen LogP contribution is 2.25. The molecule has 0 atom stereocenters. The predicted molar refractivity (Wildman–Crippen MR) is 115 cm³/mol. The molecule has 0 saturated heterocycles.